The standard InChI is InChI=1S/C27H36N4O3/c1-3-25(32)30(23-10-6-4-7-11-23)27(22-34-2)15-18-28(19-16-27)20-21-29-17-14-26(33)31(29)24-12-8-5-9-13-24/h4-13H,3,14-22H2,1-2H3. The lowest BCUT2D eigenvalue weighted by Crippen LogP contribution is -2.60. The normalized spacial score (nSPS) is 18.9. The van der Waals surface area contributed by atoms with E-state index in [0.29, 0.717) is 19.4 Å². The van der Waals surface area contributed by atoms with Crippen molar-refractivity contribution in [2.45, 2.75) is 38.1 Å². The number of hydrogen-bond donors (Lipinski definition) is 0. The van der Waals surface area contributed by atoms with Crippen molar-refractivity contribution in [3.63, 3.8) is 0 Å². The molecule has 2 aliphatic rings. The van der Waals surface area contributed by atoms with E-state index in [1.807, 2.05) is 77.5 Å². The van der Waals surface area contributed by atoms with Crippen LogP contribution in [0.15, 0.2) is 60.7 Å². The summed E-state index contributed by atoms with van der Waals surface area (Å²) < 4.78 is 5.67. The molecule has 0 atom stereocenters. The van der Waals surface area contributed by atoms with Gasteiger partial charge in [0.25, 0.3) is 0 Å². The predicted octanol–water partition coefficient (Wildman–Crippen LogP) is 3.56. The van der Waals surface area contributed by atoms with Gasteiger partial charge in [0, 0.05) is 58.4 Å². The van der Waals surface area contributed by atoms with Crippen LogP contribution in [0.2, 0.25) is 0 Å². The first-order chi connectivity index (χ1) is 16.6. The summed E-state index contributed by atoms with van der Waals surface area (Å²) in [6.07, 6.45) is 2.71. The average molecular weight is 465 g/mol. The van der Waals surface area contributed by atoms with E-state index >= 15 is 0 Å². The van der Waals surface area contributed by atoms with E-state index < -0.39 is 0 Å². The Morgan fingerprint density at radius 1 is 0.971 bits per heavy atom. The first kappa shape index (κ1) is 24.4. The number of rotatable bonds is 9. The fraction of sp³-hybridized carbons (Fsp3) is 0.481. The number of piperidine rings is 1. The van der Waals surface area contributed by atoms with Crippen molar-refractivity contribution in [3.05, 3.63) is 60.7 Å². The minimum absolute atomic E-state index is 0.130. The van der Waals surface area contributed by atoms with Crippen LogP contribution in [0.3, 0.4) is 0 Å². The summed E-state index contributed by atoms with van der Waals surface area (Å²) in [5, 5.41) is 3.99. The molecule has 34 heavy (non-hydrogen) atoms. The van der Waals surface area contributed by atoms with Crippen molar-refractivity contribution < 1.29 is 14.3 Å². The van der Waals surface area contributed by atoms with E-state index in [1.54, 1.807) is 7.11 Å². The number of carbonyl (C=O) groups is 2. The van der Waals surface area contributed by atoms with Gasteiger partial charge in [0.1, 0.15) is 0 Å². The van der Waals surface area contributed by atoms with E-state index in [1.165, 1.54) is 0 Å². The van der Waals surface area contributed by atoms with Crippen molar-refractivity contribution in [3.8, 4) is 0 Å². The van der Waals surface area contributed by atoms with Gasteiger partial charge in [-0.1, -0.05) is 43.3 Å². The van der Waals surface area contributed by atoms with Gasteiger partial charge in [-0.05, 0) is 37.1 Å². The smallest absolute Gasteiger partial charge is 0.242 e. The first-order valence-electron chi connectivity index (χ1n) is 12.3. The molecule has 2 saturated heterocycles. The molecule has 0 saturated carbocycles. The number of carbonyl (C=O) groups excluding carboxylic acids is 2. The highest BCUT2D eigenvalue weighted by Crippen LogP contribution is 2.34. The van der Waals surface area contributed by atoms with Crippen LogP contribution in [0.5, 0.6) is 0 Å². The maximum absolute atomic E-state index is 13.1. The Balaban J connectivity index is 1.42. The summed E-state index contributed by atoms with van der Waals surface area (Å²) in [5.74, 6) is 0.284. The Kier molecular flexibility index (Phi) is 7.98. The minimum Gasteiger partial charge on any atom is -0.382 e. The number of methoxy groups -OCH3 is 1. The number of para-hydroxylation sites is 2. The second-order valence-electron chi connectivity index (χ2n) is 9.16. The van der Waals surface area contributed by atoms with Gasteiger partial charge < -0.3 is 14.5 Å². The number of hydrogen-bond acceptors (Lipinski definition) is 5. The van der Waals surface area contributed by atoms with Crippen LogP contribution in [-0.4, -0.2) is 73.7 Å². The lowest BCUT2D eigenvalue weighted by molar-refractivity contribution is -0.120. The third-order valence-electron chi connectivity index (χ3n) is 7.02. The van der Waals surface area contributed by atoms with Gasteiger partial charge in [-0.25, -0.2) is 10.0 Å². The highest BCUT2D eigenvalue weighted by Gasteiger charge is 2.43. The summed E-state index contributed by atoms with van der Waals surface area (Å²) >= 11 is 0. The Hall–Kier alpha value is -2.74. The number of nitrogens with zero attached hydrogens (tertiary/aromatic N) is 4. The molecule has 0 aliphatic carbocycles. The van der Waals surface area contributed by atoms with E-state index in [4.69, 9.17) is 4.74 Å². The monoisotopic (exact) mass is 464 g/mol. The molecule has 0 aromatic heterocycles. The van der Waals surface area contributed by atoms with Crippen molar-refractivity contribution in [2.75, 3.05) is 56.3 Å². The van der Waals surface area contributed by atoms with Crippen molar-refractivity contribution in [1.29, 1.82) is 0 Å². The Morgan fingerprint density at radius 2 is 1.62 bits per heavy atom. The molecule has 7 nitrogen and oxygen atoms in total. The SMILES string of the molecule is CCC(=O)N(c1ccccc1)C1(COC)CCN(CCN2CCC(=O)N2c2ccccc2)CC1. The maximum atomic E-state index is 13.1. The van der Waals surface area contributed by atoms with Crippen molar-refractivity contribution in [1.82, 2.24) is 9.91 Å². The zero-order valence-electron chi connectivity index (χ0n) is 20.4. The minimum atomic E-state index is -0.348. The Labute approximate surface area is 202 Å². The molecule has 7 heteroatoms. The summed E-state index contributed by atoms with van der Waals surface area (Å²) in [7, 11) is 1.72. The molecule has 182 valence electrons. The predicted molar refractivity (Wildman–Crippen MR) is 135 cm³/mol. The number of hydrazine groups is 1. The first-order valence-corrected chi connectivity index (χ1v) is 12.3. The number of likely N-dealkylation sites (tertiary alicyclic amines) is 1. The van der Waals surface area contributed by atoms with Crippen LogP contribution >= 0.6 is 0 Å². The molecule has 2 fully saturated rings. The summed E-state index contributed by atoms with van der Waals surface area (Å²) in [4.78, 5) is 30.0. The number of amides is 2. The fourth-order valence-corrected chi connectivity index (χ4v) is 5.25. The zero-order chi connectivity index (χ0) is 24.0. The second kappa shape index (κ2) is 11.1. The molecule has 0 radical (unpaired) electrons. The average Bonchev–Trinajstić information content (AvgIpc) is 3.25. The largest absolute Gasteiger partial charge is 0.382 e. The van der Waals surface area contributed by atoms with Gasteiger partial charge >= 0.3 is 0 Å². The lowest BCUT2D eigenvalue weighted by Gasteiger charge is -2.48. The highest BCUT2D eigenvalue weighted by atomic mass is 16.5. The van der Waals surface area contributed by atoms with Gasteiger partial charge in [0.15, 0.2) is 0 Å². The molecule has 0 unspecified atom stereocenters. The lowest BCUT2D eigenvalue weighted by atomic mass is 9.85. The molecule has 2 aliphatic heterocycles. The van der Waals surface area contributed by atoms with Gasteiger partial charge in [-0.15, -0.1) is 0 Å². The van der Waals surface area contributed by atoms with E-state index in [-0.39, 0.29) is 17.4 Å². The molecular weight excluding hydrogens is 428 g/mol. The number of benzene rings is 2. The van der Waals surface area contributed by atoms with E-state index in [2.05, 4.69) is 9.91 Å². The van der Waals surface area contributed by atoms with Crippen LogP contribution < -0.4 is 9.91 Å². The fourth-order valence-electron chi connectivity index (χ4n) is 5.25. The molecule has 0 spiro atoms. The van der Waals surface area contributed by atoms with Gasteiger partial charge in [-0.3, -0.25) is 9.59 Å². The van der Waals surface area contributed by atoms with Gasteiger partial charge in [0.2, 0.25) is 11.8 Å². The van der Waals surface area contributed by atoms with Crippen LogP contribution in [0, 0.1) is 0 Å². The van der Waals surface area contributed by atoms with Crippen LogP contribution in [0.1, 0.15) is 32.6 Å². The quantitative estimate of drug-likeness (QED) is 0.568. The van der Waals surface area contributed by atoms with E-state index in [9.17, 15) is 9.59 Å². The third kappa shape index (κ3) is 5.17. The topological polar surface area (TPSA) is 56.3 Å². The molecule has 0 bridgehead atoms. The number of ether oxygens (including phenoxy) is 1. The zero-order valence-corrected chi connectivity index (χ0v) is 20.4. The molecule has 4 rings (SSSR count). The highest BCUT2D eigenvalue weighted by molar-refractivity contribution is 5.95. The summed E-state index contributed by atoms with van der Waals surface area (Å²) in [5.41, 5.74) is 1.52. The number of anilines is 2. The molecule has 2 amide bonds. The van der Waals surface area contributed by atoms with Crippen molar-refractivity contribution >= 4 is 23.2 Å². The third-order valence-corrected chi connectivity index (χ3v) is 7.02. The molecule has 0 N–H and O–H groups in total. The van der Waals surface area contributed by atoms with E-state index in [0.717, 1.165) is 56.9 Å². The Morgan fingerprint density at radius 3 is 2.24 bits per heavy atom. The van der Waals surface area contributed by atoms with Gasteiger partial charge in [0.05, 0.1) is 17.8 Å². The molecule has 2 aromatic carbocycles. The molecular formula is C27H36N4O3. The Bertz CT molecular complexity index is 945. The molecule has 2 heterocycles. The van der Waals surface area contributed by atoms with Crippen molar-refractivity contribution in [2.24, 2.45) is 0 Å². The summed E-state index contributed by atoms with van der Waals surface area (Å²) in [6.45, 7) is 6.64. The van der Waals surface area contributed by atoms with Crippen LogP contribution in [0.4, 0.5) is 11.4 Å². The van der Waals surface area contributed by atoms with Crippen LogP contribution in [-0.2, 0) is 14.3 Å². The van der Waals surface area contributed by atoms with Crippen LogP contribution in [0.25, 0.3) is 0 Å². The second-order valence-corrected chi connectivity index (χ2v) is 9.16. The molecule has 2 aromatic rings. The van der Waals surface area contributed by atoms with Gasteiger partial charge in [-0.2, -0.15) is 0 Å². The maximum Gasteiger partial charge on any atom is 0.242 e. The summed E-state index contributed by atoms with van der Waals surface area (Å²) in [6, 6.07) is 19.8.